The number of hydrogen-bond acceptors (Lipinski definition) is 3. The van der Waals surface area contributed by atoms with Crippen LogP contribution in [-0.2, 0) is 6.42 Å². The molecule has 2 nitrogen and oxygen atoms in total. The van der Waals surface area contributed by atoms with Gasteiger partial charge in [-0.25, -0.2) is 0 Å². The summed E-state index contributed by atoms with van der Waals surface area (Å²) in [5, 5.41) is 1.16. The number of nitrogens with two attached hydrogens (primary N) is 1. The Hall–Kier alpha value is -0.100. The Bertz CT molecular complexity index is 545. The maximum Gasteiger partial charge on any atom is 0.0702 e. The largest absolute Gasteiger partial charge is 0.271 e. The van der Waals surface area contributed by atoms with Gasteiger partial charge in [0.25, 0.3) is 0 Å². The van der Waals surface area contributed by atoms with Crippen LogP contribution in [0.1, 0.15) is 16.5 Å². The number of halogens is 3. The lowest BCUT2D eigenvalue weighted by Gasteiger charge is -2.15. The average Bonchev–Trinajstić information content (AvgIpc) is 2.78. The van der Waals surface area contributed by atoms with Gasteiger partial charge >= 0.3 is 0 Å². The lowest BCUT2D eigenvalue weighted by molar-refractivity contribution is 0.561. The fourth-order valence-electron chi connectivity index (χ4n) is 1.68. The molecule has 0 saturated heterocycles. The van der Waals surface area contributed by atoms with Crippen molar-refractivity contribution in [2.24, 2.45) is 5.84 Å². The van der Waals surface area contributed by atoms with E-state index in [1.165, 1.54) is 0 Å². The second-order valence-electron chi connectivity index (χ2n) is 3.78. The molecule has 2 rings (SSSR count). The normalized spacial score (nSPS) is 12.7. The summed E-state index contributed by atoms with van der Waals surface area (Å²) in [4.78, 5) is 1.15. The maximum atomic E-state index is 6.18. The summed E-state index contributed by atoms with van der Waals surface area (Å²) < 4.78 is 1.08. The minimum atomic E-state index is 0.0252. The molecule has 2 aromatic rings. The van der Waals surface area contributed by atoms with Gasteiger partial charge in [-0.2, -0.15) is 0 Å². The summed E-state index contributed by atoms with van der Waals surface area (Å²) in [6.07, 6.45) is 0.697. The molecule has 1 aromatic carbocycles. The van der Waals surface area contributed by atoms with Crippen LogP contribution in [0.4, 0.5) is 0 Å². The van der Waals surface area contributed by atoms with E-state index < -0.39 is 0 Å². The maximum absolute atomic E-state index is 6.18. The van der Waals surface area contributed by atoms with Crippen LogP contribution in [0.5, 0.6) is 0 Å². The highest BCUT2D eigenvalue weighted by Gasteiger charge is 2.15. The lowest BCUT2D eigenvalue weighted by atomic mass is 10.1. The number of hydrazine groups is 1. The molecular formula is C12H11BrCl2N2S. The molecule has 0 bridgehead atoms. The molecule has 1 aromatic heterocycles. The smallest absolute Gasteiger partial charge is 0.0702 e. The fourth-order valence-corrected chi connectivity index (χ4v) is 3.56. The Morgan fingerprint density at radius 1 is 1.28 bits per heavy atom. The molecule has 96 valence electrons. The molecule has 1 unspecified atom stereocenters. The third kappa shape index (κ3) is 3.26. The first-order chi connectivity index (χ1) is 8.61. The first-order valence-corrected chi connectivity index (χ1v) is 7.62. The third-order valence-electron chi connectivity index (χ3n) is 2.59. The number of hydrogen-bond donors (Lipinski definition) is 2. The average molecular weight is 366 g/mol. The molecule has 0 aliphatic carbocycles. The first kappa shape index (κ1) is 14.3. The quantitative estimate of drug-likeness (QED) is 0.615. The Morgan fingerprint density at radius 3 is 2.67 bits per heavy atom. The van der Waals surface area contributed by atoms with Crippen LogP contribution in [0, 0.1) is 0 Å². The summed E-state index contributed by atoms with van der Waals surface area (Å²) in [7, 11) is 0. The number of nitrogens with one attached hydrogen (secondary N) is 1. The van der Waals surface area contributed by atoms with Crippen LogP contribution >= 0.6 is 50.5 Å². The van der Waals surface area contributed by atoms with Gasteiger partial charge in [0.05, 0.1) is 19.9 Å². The van der Waals surface area contributed by atoms with Crippen LogP contribution in [0.25, 0.3) is 0 Å². The zero-order valence-corrected chi connectivity index (χ0v) is 13.2. The monoisotopic (exact) mass is 364 g/mol. The highest BCUT2D eigenvalue weighted by atomic mass is 79.9. The summed E-state index contributed by atoms with van der Waals surface area (Å²) in [6.45, 7) is 0. The Balaban J connectivity index is 2.23. The number of thiophene rings is 1. The van der Waals surface area contributed by atoms with E-state index in [1.807, 2.05) is 24.3 Å². The van der Waals surface area contributed by atoms with E-state index in [2.05, 4.69) is 21.4 Å². The van der Waals surface area contributed by atoms with Gasteiger partial charge in [0.1, 0.15) is 0 Å². The molecule has 0 radical (unpaired) electrons. The number of rotatable bonds is 4. The van der Waals surface area contributed by atoms with Gasteiger partial charge in [-0.3, -0.25) is 11.3 Å². The van der Waals surface area contributed by atoms with Gasteiger partial charge in [-0.05, 0) is 46.1 Å². The van der Waals surface area contributed by atoms with Crippen LogP contribution in [0.3, 0.4) is 0 Å². The van der Waals surface area contributed by atoms with E-state index >= 15 is 0 Å². The second-order valence-corrected chi connectivity index (χ2v) is 7.06. The predicted octanol–water partition coefficient (Wildman–Crippen LogP) is 4.56. The van der Waals surface area contributed by atoms with E-state index in [-0.39, 0.29) is 6.04 Å². The van der Waals surface area contributed by atoms with Gasteiger partial charge in [0, 0.05) is 4.88 Å². The van der Waals surface area contributed by atoms with E-state index in [0.717, 1.165) is 14.2 Å². The SMILES string of the molecule is NNC(Cc1cccc(Cl)c1Cl)c1ccc(Br)s1. The zero-order valence-electron chi connectivity index (χ0n) is 9.29. The Labute approximate surface area is 128 Å². The summed E-state index contributed by atoms with van der Waals surface area (Å²) in [5.74, 6) is 5.62. The molecule has 0 aliphatic heterocycles. The van der Waals surface area contributed by atoms with Crippen LogP contribution < -0.4 is 11.3 Å². The van der Waals surface area contributed by atoms with E-state index in [4.69, 9.17) is 29.0 Å². The van der Waals surface area contributed by atoms with Crippen molar-refractivity contribution in [3.63, 3.8) is 0 Å². The summed E-state index contributed by atoms with van der Waals surface area (Å²) >= 11 is 17.3. The minimum absolute atomic E-state index is 0.0252. The van der Waals surface area contributed by atoms with Crippen molar-refractivity contribution < 1.29 is 0 Å². The molecule has 1 atom stereocenters. The van der Waals surface area contributed by atoms with Crippen molar-refractivity contribution in [3.8, 4) is 0 Å². The number of benzene rings is 1. The standard InChI is InChI=1S/C12H11BrCl2N2S/c13-11-5-4-10(18-11)9(17-16)6-7-2-1-3-8(14)12(7)15/h1-5,9,17H,6,16H2. The van der Waals surface area contributed by atoms with Crippen LogP contribution in [0.15, 0.2) is 34.1 Å². The van der Waals surface area contributed by atoms with Crippen molar-refractivity contribution in [2.75, 3.05) is 0 Å². The molecule has 0 amide bonds. The van der Waals surface area contributed by atoms with Gasteiger partial charge in [0.15, 0.2) is 0 Å². The molecule has 18 heavy (non-hydrogen) atoms. The van der Waals surface area contributed by atoms with Crippen molar-refractivity contribution >= 4 is 50.5 Å². The Morgan fingerprint density at radius 2 is 2.06 bits per heavy atom. The molecule has 3 N–H and O–H groups in total. The molecule has 6 heteroatoms. The molecule has 0 saturated carbocycles. The lowest BCUT2D eigenvalue weighted by Crippen LogP contribution is -2.29. The van der Waals surface area contributed by atoms with E-state index in [1.54, 1.807) is 17.4 Å². The van der Waals surface area contributed by atoms with Gasteiger partial charge in [0.2, 0.25) is 0 Å². The Kier molecular flexibility index (Phi) is 5.06. The first-order valence-electron chi connectivity index (χ1n) is 5.26. The topological polar surface area (TPSA) is 38.0 Å². The molecular weight excluding hydrogens is 355 g/mol. The summed E-state index contributed by atoms with van der Waals surface area (Å²) in [6, 6.07) is 9.70. The summed E-state index contributed by atoms with van der Waals surface area (Å²) in [5.41, 5.74) is 3.80. The van der Waals surface area contributed by atoms with E-state index in [0.29, 0.717) is 16.5 Å². The van der Waals surface area contributed by atoms with Gasteiger partial charge < -0.3 is 0 Å². The second kappa shape index (κ2) is 6.37. The minimum Gasteiger partial charge on any atom is -0.271 e. The molecule has 0 spiro atoms. The van der Waals surface area contributed by atoms with E-state index in [9.17, 15) is 0 Å². The predicted molar refractivity (Wildman–Crippen MR) is 82.2 cm³/mol. The molecule has 1 heterocycles. The highest BCUT2D eigenvalue weighted by molar-refractivity contribution is 9.11. The fraction of sp³-hybridized carbons (Fsp3) is 0.167. The van der Waals surface area contributed by atoms with Crippen LogP contribution in [-0.4, -0.2) is 0 Å². The highest BCUT2D eigenvalue weighted by Crippen LogP contribution is 2.32. The van der Waals surface area contributed by atoms with Crippen molar-refractivity contribution in [1.29, 1.82) is 0 Å². The van der Waals surface area contributed by atoms with Gasteiger partial charge in [-0.15, -0.1) is 11.3 Å². The third-order valence-corrected chi connectivity index (χ3v) is 5.19. The van der Waals surface area contributed by atoms with Crippen molar-refractivity contribution in [1.82, 2.24) is 5.43 Å². The van der Waals surface area contributed by atoms with Crippen molar-refractivity contribution in [2.45, 2.75) is 12.5 Å². The molecule has 0 fully saturated rings. The zero-order chi connectivity index (χ0) is 13.1. The van der Waals surface area contributed by atoms with Crippen LogP contribution in [0.2, 0.25) is 10.0 Å². The molecule has 0 aliphatic rings. The van der Waals surface area contributed by atoms with Gasteiger partial charge in [-0.1, -0.05) is 35.3 Å². The van der Waals surface area contributed by atoms with Crippen molar-refractivity contribution in [3.05, 3.63) is 54.6 Å².